The van der Waals surface area contributed by atoms with Gasteiger partial charge in [-0.15, -0.1) is 0 Å². The van der Waals surface area contributed by atoms with Gasteiger partial charge in [0.2, 0.25) is 0 Å². The van der Waals surface area contributed by atoms with Crippen LogP contribution in [0, 0.1) is 0 Å². The van der Waals surface area contributed by atoms with Gasteiger partial charge in [-0.25, -0.2) is 0 Å². The number of carbonyl (C=O) groups excluding carboxylic acids is 1. The Bertz CT molecular complexity index is 183. The Morgan fingerprint density at radius 2 is 2.08 bits per heavy atom. The highest BCUT2D eigenvalue weighted by atomic mass is 16.5. The first kappa shape index (κ1) is 12.2. The zero-order valence-electron chi connectivity index (χ0n) is 8.96. The van der Waals surface area contributed by atoms with E-state index < -0.39 is 0 Å². The van der Waals surface area contributed by atoms with Crippen LogP contribution >= 0.6 is 0 Å². The number of esters is 1. The molecule has 3 heteroatoms. The third-order valence-corrected chi connectivity index (χ3v) is 1.74. The molecule has 13 heavy (non-hydrogen) atoms. The molecule has 0 aliphatic heterocycles. The second-order valence-corrected chi connectivity index (χ2v) is 3.37. The zero-order chi connectivity index (χ0) is 10.3. The van der Waals surface area contributed by atoms with Gasteiger partial charge in [0.1, 0.15) is 0 Å². The lowest BCUT2D eigenvalue weighted by Gasteiger charge is -2.13. The van der Waals surface area contributed by atoms with E-state index in [1.54, 1.807) is 0 Å². The SMILES string of the molecule is COC(=O)CCN(C)CC=C(C)C. The van der Waals surface area contributed by atoms with Crippen molar-refractivity contribution in [1.82, 2.24) is 4.90 Å². The quantitative estimate of drug-likeness (QED) is 0.479. The van der Waals surface area contributed by atoms with Crippen molar-refractivity contribution in [2.75, 3.05) is 27.2 Å². The summed E-state index contributed by atoms with van der Waals surface area (Å²) in [5, 5.41) is 0. The fraction of sp³-hybridized carbons (Fsp3) is 0.700. The molecule has 76 valence electrons. The Labute approximate surface area is 80.4 Å². The van der Waals surface area contributed by atoms with Gasteiger partial charge < -0.3 is 9.64 Å². The first-order chi connectivity index (χ1) is 6.06. The minimum Gasteiger partial charge on any atom is -0.469 e. The summed E-state index contributed by atoms with van der Waals surface area (Å²) < 4.78 is 4.55. The maximum atomic E-state index is 10.8. The van der Waals surface area contributed by atoms with Crippen LogP contribution in [0.15, 0.2) is 11.6 Å². The normalized spacial score (nSPS) is 9.92. The summed E-state index contributed by atoms with van der Waals surface area (Å²) in [6, 6.07) is 0. The maximum absolute atomic E-state index is 10.8. The first-order valence-corrected chi connectivity index (χ1v) is 4.45. The Kier molecular flexibility index (Phi) is 6.24. The molecular weight excluding hydrogens is 166 g/mol. The van der Waals surface area contributed by atoms with Crippen molar-refractivity contribution in [2.45, 2.75) is 20.3 Å². The summed E-state index contributed by atoms with van der Waals surface area (Å²) in [5.74, 6) is -0.149. The van der Waals surface area contributed by atoms with Gasteiger partial charge in [-0.3, -0.25) is 4.79 Å². The number of carbonyl (C=O) groups is 1. The summed E-state index contributed by atoms with van der Waals surface area (Å²) >= 11 is 0. The molecule has 0 heterocycles. The summed E-state index contributed by atoms with van der Waals surface area (Å²) in [4.78, 5) is 12.9. The summed E-state index contributed by atoms with van der Waals surface area (Å²) in [5.41, 5.74) is 1.30. The van der Waals surface area contributed by atoms with Gasteiger partial charge in [0.15, 0.2) is 0 Å². The monoisotopic (exact) mass is 185 g/mol. The van der Waals surface area contributed by atoms with E-state index in [2.05, 4.69) is 29.6 Å². The number of nitrogens with zero attached hydrogens (tertiary/aromatic N) is 1. The number of allylic oxidation sites excluding steroid dienone is 1. The van der Waals surface area contributed by atoms with Crippen molar-refractivity contribution >= 4 is 5.97 Å². The highest BCUT2D eigenvalue weighted by Crippen LogP contribution is 1.93. The maximum Gasteiger partial charge on any atom is 0.306 e. The molecule has 0 aromatic carbocycles. The van der Waals surface area contributed by atoms with E-state index in [0.717, 1.165) is 13.1 Å². The van der Waals surface area contributed by atoms with Crippen molar-refractivity contribution in [1.29, 1.82) is 0 Å². The molecule has 3 nitrogen and oxygen atoms in total. The van der Waals surface area contributed by atoms with E-state index in [4.69, 9.17) is 0 Å². The molecule has 0 unspecified atom stereocenters. The molecule has 0 aromatic rings. The number of likely N-dealkylation sites (N-methyl/N-ethyl adjacent to an activating group) is 1. The van der Waals surface area contributed by atoms with Gasteiger partial charge in [-0.2, -0.15) is 0 Å². The first-order valence-electron chi connectivity index (χ1n) is 4.45. The van der Waals surface area contributed by atoms with Gasteiger partial charge in [-0.05, 0) is 20.9 Å². The van der Waals surface area contributed by atoms with Crippen LogP contribution in [0.25, 0.3) is 0 Å². The van der Waals surface area contributed by atoms with Crippen LogP contribution in [0.5, 0.6) is 0 Å². The van der Waals surface area contributed by atoms with Crippen molar-refractivity contribution in [3.05, 3.63) is 11.6 Å². The molecular formula is C10H19NO2. The summed E-state index contributed by atoms with van der Waals surface area (Å²) in [7, 11) is 3.40. The predicted molar refractivity (Wildman–Crippen MR) is 53.6 cm³/mol. The van der Waals surface area contributed by atoms with Gasteiger partial charge in [0.05, 0.1) is 13.5 Å². The molecule has 0 aliphatic carbocycles. The van der Waals surface area contributed by atoms with E-state index in [9.17, 15) is 4.79 Å². The Balaban J connectivity index is 3.57. The zero-order valence-corrected chi connectivity index (χ0v) is 8.96. The van der Waals surface area contributed by atoms with Crippen LogP contribution in [-0.2, 0) is 9.53 Å². The molecule has 0 saturated carbocycles. The Hall–Kier alpha value is -0.830. The van der Waals surface area contributed by atoms with Gasteiger partial charge in [-0.1, -0.05) is 11.6 Å². The van der Waals surface area contributed by atoms with Crippen molar-refractivity contribution in [2.24, 2.45) is 0 Å². The minimum atomic E-state index is -0.149. The van der Waals surface area contributed by atoms with Crippen LogP contribution in [0.3, 0.4) is 0 Å². The Morgan fingerprint density at radius 1 is 1.46 bits per heavy atom. The number of rotatable bonds is 5. The topological polar surface area (TPSA) is 29.5 Å². The average molecular weight is 185 g/mol. The summed E-state index contributed by atoms with van der Waals surface area (Å²) in [6.45, 7) is 5.76. The van der Waals surface area contributed by atoms with Crippen molar-refractivity contribution < 1.29 is 9.53 Å². The molecule has 0 N–H and O–H groups in total. The van der Waals surface area contributed by atoms with Gasteiger partial charge >= 0.3 is 5.97 Å². The molecule has 0 bridgehead atoms. The molecule has 0 aromatic heterocycles. The Morgan fingerprint density at radius 3 is 2.54 bits per heavy atom. The molecule has 0 fully saturated rings. The summed E-state index contributed by atoms with van der Waals surface area (Å²) in [6.07, 6.45) is 2.60. The third-order valence-electron chi connectivity index (χ3n) is 1.74. The van der Waals surface area contributed by atoms with Crippen molar-refractivity contribution in [3.63, 3.8) is 0 Å². The number of hydrogen-bond acceptors (Lipinski definition) is 3. The second-order valence-electron chi connectivity index (χ2n) is 3.37. The van der Waals surface area contributed by atoms with Crippen LogP contribution in [-0.4, -0.2) is 38.1 Å². The van der Waals surface area contributed by atoms with E-state index in [1.165, 1.54) is 12.7 Å². The van der Waals surface area contributed by atoms with Crippen molar-refractivity contribution in [3.8, 4) is 0 Å². The van der Waals surface area contributed by atoms with Crippen LogP contribution < -0.4 is 0 Å². The number of hydrogen-bond donors (Lipinski definition) is 0. The standard InChI is InChI=1S/C10H19NO2/c1-9(2)5-7-11(3)8-6-10(12)13-4/h5H,6-8H2,1-4H3. The largest absolute Gasteiger partial charge is 0.469 e. The third kappa shape index (κ3) is 7.53. The highest BCUT2D eigenvalue weighted by molar-refractivity contribution is 5.69. The fourth-order valence-corrected chi connectivity index (χ4v) is 0.814. The van der Waals surface area contributed by atoms with Crippen LogP contribution in [0.2, 0.25) is 0 Å². The van der Waals surface area contributed by atoms with Crippen LogP contribution in [0.4, 0.5) is 0 Å². The lowest BCUT2D eigenvalue weighted by Crippen LogP contribution is -2.22. The number of ether oxygens (including phenoxy) is 1. The van der Waals surface area contributed by atoms with E-state index in [0.29, 0.717) is 6.42 Å². The lowest BCUT2D eigenvalue weighted by atomic mass is 10.3. The lowest BCUT2D eigenvalue weighted by molar-refractivity contribution is -0.140. The predicted octanol–water partition coefficient (Wildman–Crippen LogP) is 1.45. The molecule has 0 amide bonds. The average Bonchev–Trinajstić information content (AvgIpc) is 2.10. The second kappa shape index (κ2) is 6.66. The van der Waals surface area contributed by atoms with Gasteiger partial charge in [0.25, 0.3) is 0 Å². The van der Waals surface area contributed by atoms with Gasteiger partial charge in [0, 0.05) is 13.1 Å². The smallest absolute Gasteiger partial charge is 0.306 e. The van der Waals surface area contributed by atoms with E-state index >= 15 is 0 Å². The number of methoxy groups -OCH3 is 1. The highest BCUT2D eigenvalue weighted by Gasteiger charge is 2.02. The van der Waals surface area contributed by atoms with E-state index in [1.807, 2.05) is 7.05 Å². The molecule has 0 spiro atoms. The fourth-order valence-electron chi connectivity index (χ4n) is 0.814. The van der Waals surface area contributed by atoms with E-state index in [-0.39, 0.29) is 5.97 Å². The molecule has 0 rings (SSSR count). The molecule has 0 atom stereocenters. The minimum absolute atomic E-state index is 0.149. The van der Waals surface area contributed by atoms with Crippen LogP contribution in [0.1, 0.15) is 20.3 Å². The molecule has 0 radical (unpaired) electrons. The molecule has 0 saturated heterocycles. The molecule has 0 aliphatic rings.